The summed E-state index contributed by atoms with van der Waals surface area (Å²) in [6, 6.07) is 5.61. The molecule has 0 aliphatic rings. The zero-order valence-corrected chi connectivity index (χ0v) is 11.7. The summed E-state index contributed by atoms with van der Waals surface area (Å²) in [5.41, 5.74) is 1.53. The Kier molecular flexibility index (Phi) is 4.03. The van der Waals surface area contributed by atoms with Crippen LogP contribution in [0.2, 0.25) is 0 Å². The fourth-order valence-corrected chi connectivity index (χ4v) is 2.16. The molecule has 0 radical (unpaired) electrons. The molecule has 1 heterocycles. The lowest BCUT2D eigenvalue weighted by Gasteiger charge is -2.11. The highest BCUT2D eigenvalue weighted by Crippen LogP contribution is 2.14. The number of nitrogens with zero attached hydrogens (tertiary/aromatic N) is 1. The first-order valence-corrected chi connectivity index (χ1v) is 6.50. The Bertz CT molecular complexity index is 728. The van der Waals surface area contributed by atoms with Gasteiger partial charge in [0, 0.05) is 18.1 Å². The summed E-state index contributed by atoms with van der Waals surface area (Å²) in [4.78, 5) is 24.3. The summed E-state index contributed by atoms with van der Waals surface area (Å²) < 4.78 is 6.77. The minimum absolute atomic E-state index is 0.0619. The molecule has 1 aromatic carbocycles. The molecule has 0 spiro atoms. The first-order valence-electron chi connectivity index (χ1n) is 6.50. The topological polar surface area (TPSA) is 48.3 Å². The third kappa shape index (κ3) is 2.50. The van der Waals surface area contributed by atoms with Crippen molar-refractivity contribution in [1.29, 1.82) is 0 Å². The Morgan fingerprint density at radius 3 is 2.85 bits per heavy atom. The van der Waals surface area contributed by atoms with Crippen LogP contribution in [0.5, 0.6) is 0 Å². The Labute approximate surface area is 117 Å². The Morgan fingerprint density at radius 2 is 2.20 bits per heavy atom. The second-order valence-corrected chi connectivity index (χ2v) is 4.55. The van der Waals surface area contributed by atoms with E-state index in [1.807, 2.05) is 23.6 Å². The van der Waals surface area contributed by atoms with E-state index in [0.29, 0.717) is 11.9 Å². The highest BCUT2D eigenvalue weighted by Gasteiger charge is 2.16. The van der Waals surface area contributed by atoms with E-state index in [-0.39, 0.29) is 17.6 Å². The molecule has 0 aliphatic heterocycles. The predicted octanol–water partition coefficient (Wildman–Crippen LogP) is 2.67. The number of carbonyl (C=O) groups is 1. The zero-order valence-electron chi connectivity index (χ0n) is 11.7. The van der Waals surface area contributed by atoms with Gasteiger partial charge >= 0.3 is 5.97 Å². The molecule has 4 nitrogen and oxygen atoms in total. The summed E-state index contributed by atoms with van der Waals surface area (Å²) in [6.07, 6.45) is 3.26. The molecule has 0 bridgehead atoms. The van der Waals surface area contributed by atoms with Crippen LogP contribution < -0.4 is 5.43 Å². The van der Waals surface area contributed by atoms with Gasteiger partial charge in [-0.05, 0) is 26.0 Å². The van der Waals surface area contributed by atoms with Crippen molar-refractivity contribution >= 4 is 16.9 Å². The summed E-state index contributed by atoms with van der Waals surface area (Å²) in [7, 11) is 0. The maximum Gasteiger partial charge on any atom is 0.343 e. The fraction of sp³-hybridized carbons (Fsp3) is 0.250. The zero-order chi connectivity index (χ0) is 14.7. The van der Waals surface area contributed by atoms with E-state index in [4.69, 9.17) is 4.74 Å². The number of hydrogen-bond donors (Lipinski definition) is 0. The summed E-state index contributed by atoms with van der Waals surface area (Å²) in [6.45, 7) is 8.08. The van der Waals surface area contributed by atoms with E-state index in [2.05, 4.69) is 6.58 Å². The normalized spacial score (nSPS) is 10.5. The van der Waals surface area contributed by atoms with Gasteiger partial charge in [0.25, 0.3) is 0 Å². The second kappa shape index (κ2) is 5.74. The van der Waals surface area contributed by atoms with Gasteiger partial charge in [-0.3, -0.25) is 4.79 Å². The molecular formula is C16H17NO3. The van der Waals surface area contributed by atoms with Gasteiger partial charge in [-0.1, -0.05) is 17.7 Å². The monoisotopic (exact) mass is 271 g/mol. The number of rotatable bonds is 4. The summed E-state index contributed by atoms with van der Waals surface area (Å²) in [5, 5.41) is 0.525. The molecule has 0 atom stereocenters. The first kappa shape index (κ1) is 14.1. The number of esters is 1. The van der Waals surface area contributed by atoms with Crippen molar-refractivity contribution in [2.45, 2.75) is 20.4 Å². The highest BCUT2D eigenvalue weighted by molar-refractivity contribution is 5.93. The first-order chi connectivity index (χ1) is 9.58. The maximum atomic E-state index is 12.4. The average molecular weight is 271 g/mol. The number of allylic oxidation sites excluding steroid dienone is 1. The Morgan fingerprint density at radius 1 is 1.45 bits per heavy atom. The number of ether oxygens (including phenoxy) is 1. The van der Waals surface area contributed by atoms with Crippen molar-refractivity contribution in [3.63, 3.8) is 0 Å². The van der Waals surface area contributed by atoms with Crippen LogP contribution in [-0.4, -0.2) is 17.1 Å². The minimum atomic E-state index is -0.585. The minimum Gasteiger partial charge on any atom is -0.462 e. The van der Waals surface area contributed by atoms with Gasteiger partial charge in [-0.2, -0.15) is 0 Å². The summed E-state index contributed by atoms with van der Waals surface area (Å²) >= 11 is 0. The van der Waals surface area contributed by atoms with Crippen molar-refractivity contribution in [3.05, 3.63) is 58.4 Å². The van der Waals surface area contributed by atoms with Gasteiger partial charge in [-0.25, -0.2) is 4.79 Å². The van der Waals surface area contributed by atoms with Gasteiger partial charge in [0.15, 0.2) is 0 Å². The number of aryl methyl sites for hydroxylation is 1. The van der Waals surface area contributed by atoms with Crippen LogP contribution in [0, 0.1) is 6.92 Å². The molecule has 0 aliphatic carbocycles. The van der Waals surface area contributed by atoms with Crippen LogP contribution in [0.4, 0.5) is 0 Å². The Balaban J connectivity index is 2.77. The molecule has 2 rings (SSSR count). The van der Waals surface area contributed by atoms with Crippen LogP contribution in [0.25, 0.3) is 10.9 Å². The maximum absolute atomic E-state index is 12.4. The SMILES string of the molecule is C=CCn1cc(C(=O)OCC)c(=O)c2cc(C)ccc21. The van der Waals surface area contributed by atoms with E-state index in [1.165, 1.54) is 0 Å². The molecule has 2 aromatic rings. The molecular weight excluding hydrogens is 254 g/mol. The van der Waals surface area contributed by atoms with Crippen LogP contribution in [0.1, 0.15) is 22.8 Å². The number of fused-ring (bicyclic) bond motifs is 1. The van der Waals surface area contributed by atoms with Gasteiger partial charge < -0.3 is 9.30 Å². The van der Waals surface area contributed by atoms with Crippen molar-refractivity contribution in [1.82, 2.24) is 4.57 Å². The quantitative estimate of drug-likeness (QED) is 0.634. The van der Waals surface area contributed by atoms with E-state index >= 15 is 0 Å². The molecule has 104 valence electrons. The van der Waals surface area contributed by atoms with Crippen LogP contribution in [0.15, 0.2) is 41.8 Å². The molecule has 0 amide bonds. The third-order valence-electron chi connectivity index (χ3n) is 3.06. The van der Waals surface area contributed by atoms with Crippen molar-refractivity contribution in [3.8, 4) is 0 Å². The molecule has 0 N–H and O–H groups in total. The predicted molar refractivity (Wildman–Crippen MR) is 79.1 cm³/mol. The lowest BCUT2D eigenvalue weighted by atomic mass is 10.1. The smallest absolute Gasteiger partial charge is 0.343 e. The largest absolute Gasteiger partial charge is 0.462 e. The van der Waals surface area contributed by atoms with Crippen LogP contribution in [0.3, 0.4) is 0 Å². The average Bonchev–Trinajstić information content (AvgIpc) is 2.42. The Hall–Kier alpha value is -2.36. The number of benzene rings is 1. The highest BCUT2D eigenvalue weighted by atomic mass is 16.5. The number of pyridine rings is 1. The standard InChI is InChI=1S/C16H17NO3/c1-4-8-17-10-13(16(19)20-5-2)15(18)12-9-11(3)6-7-14(12)17/h4,6-7,9-10H,1,5,8H2,2-3H3. The van der Waals surface area contributed by atoms with Crippen molar-refractivity contribution in [2.24, 2.45) is 0 Å². The van der Waals surface area contributed by atoms with E-state index < -0.39 is 5.97 Å². The van der Waals surface area contributed by atoms with Gasteiger partial charge in [0.2, 0.25) is 5.43 Å². The van der Waals surface area contributed by atoms with Crippen molar-refractivity contribution < 1.29 is 9.53 Å². The molecule has 4 heteroatoms. The molecule has 20 heavy (non-hydrogen) atoms. The van der Waals surface area contributed by atoms with E-state index in [9.17, 15) is 9.59 Å². The number of carbonyl (C=O) groups excluding carboxylic acids is 1. The molecule has 1 aromatic heterocycles. The van der Waals surface area contributed by atoms with Gasteiger partial charge in [0.05, 0.1) is 12.1 Å². The third-order valence-corrected chi connectivity index (χ3v) is 3.06. The lowest BCUT2D eigenvalue weighted by Crippen LogP contribution is -2.20. The van der Waals surface area contributed by atoms with Crippen LogP contribution in [-0.2, 0) is 11.3 Å². The molecule has 0 unspecified atom stereocenters. The molecule has 0 saturated carbocycles. The van der Waals surface area contributed by atoms with E-state index in [0.717, 1.165) is 11.1 Å². The second-order valence-electron chi connectivity index (χ2n) is 4.55. The van der Waals surface area contributed by atoms with Gasteiger partial charge in [-0.15, -0.1) is 6.58 Å². The van der Waals surface area contributed by atoms with Crippen LogP contribution >= 0.6 is 0 Å². The fourth-order valence-electron chi connectivity index (χ4n) is 2.16. The van der Waals surface area contributed by atoms with Gasteiger partial charge in [0.1, 0.15) is 5.56 Å². The number of aromatic nitrogens is 1. The molecule has 0 fully saturated rings. The number of hydrogen-bond acceptors (Lipinski definition) is 3. The lowest BCUT2D eigenvalue weighted by molar-refractivity contribution is 0.0524. The summed E-state index contributed by atoms with van der Waals surface area (Å²) in [5.74, 6) is -0.585. The molecule has 0 saturated heterocycles. The van der Waals surface area contributed by atoms with E-state index in [1.54, 1.807) is 25.3 Å². The van der Waals surface area contributed by atoms with Crippen molar-refractivity contribution in [2.75, 3.05) is 6.61 Å².